The van der Waals surface area contributed by atoms with Crippen LogP contribution in [0.2, 0.25) is 0 Å². The monoisotopic (exact) mass is 395 g/mol. The van der Waals surface area contributed by atoms with Crippen molar-refractivity contribution in [2.75, 3.05) is 14.2 Å². The molecule has 0 aliphatic rings. The number of hydrogen-bond donors (Lipinski definition) is 2. The summed E-state index contributed by atoms with van der Waals surface area (Å²) in [7, 11) is 3.34. The van der Waals surface area contributed by atoms with E-state index in [1.165, 1.54) is 0 Å². The normalized spacial score (nSPS) is 11.0. The number of aromatic amines is 2. The minimum atomic E-state index is 0.794. The van der Waals surface area contributed by atoms with Crippen LogP contribution in [0.15, 0.2) is 78.9 Å². The first-order chi connectivity index (χ1) is 14.7. The van der Waals surface area contributed by atoms with E-state index in [0.29, 0.717) is 0 Å². The molecule has 2 heterocycles. The molecule has 0 spiro atoms. The molecule has 5 aromatic rings. The van der Waals surface area contributed by atoms with Crippen molar-refractivity contribution in [1.29, 1.82) is 0 Å². The van der Waals surface area contributed by atoms with Crippen molar-refractivity contribution in [1.82, 2.24) is 15.0 Å². The van der Waals surface area contributed by atoms with E-state index in [9.17, 15) is 0 Å². The van der Waals surface area contributed by atoms with E-state index >= 15 is 0 Å². The molecule has 0 fully saturated rings. The van der Waals surface area contributed by atoms with Crippen molar-refractivity contribution in [2.24, 2.45) is 0 Å². The van der Waals surface area contributed by atoms with Crippen molar-refractivity contribution < 1.29 is 9.47 Å². The van der Waals surface area contributed by atoms with Gasteiger partial charge < -0.3 is 19.4 Å². The minimum Gasteiger partial charge on any atom is -0.497 e. The van der Waals surface area contributed by atoms with Gasteiger partial charge in [0, 0.05) is 22.0 Å². The fraction of sp³-hybridized carbons (Fsp3) is 0.0800. The quantitative estimate of drug-likeness (QED) is 0.389. The van der Waals surface area contributed by atoms with Gasteiger partial charge in [-0.15, -0.1) is 0 Å². The molecular formula is C25H21N3O2. The van der Waals surface area contributed by atoms with Gasteiger partial charge in [0.1, 0.15) is 11.5 Å². The Morgan fingerprint density at radius 3 is 1.97 bits per heavy atom. The summed E-state index contributed by atoms with van der Waals surface area (Å²) in [5, 5.41) is 1.15. The maximum Gasteiger partial charge on any atom is 0.155 e. The predicted molar refractivity (Wildman–Crippen MR) is 120 cm³/mol. The Balaban J connectivity index is 1.66. The van der Waals surface area contributed by atoms with E-state index in [4.69, 9.17) is 14.5 Å². The molecule has 5 heteroatoms. The number of imidazole rings is 1. The van der Waals surface area contributed by atoms with Crippen LogP contribution < -0.4 is 9.47 Å². The van der Waals surface area contributed by atoms with Crippen LogP contribution >= 0.6 is 0 Å². The number of methoxy groups -OCH3 is 2. The summed E-state index contributed by atoms with van der Waals surface area (Å²) in [5.41, 5.74) is 5.93. The van der Waals surface area contributed by atoms with E-state index in [0.717, 1.165) is 56.4 Å². The van der Waals surface area contributed by atoms with Gasteiger partial charge in [-0.25, -0.2) is 4.98 Å². The molecule has 2 aromatic heterocycles. The molecule has 0 radical (unpaired) electrons. The number of nitrogens with one attached hydrogen (secondary N) is 2. The summed E-state index contributed by atoms with van der Waals surface area (Å²) in [4.78, 5) is 11.9. The molecule has 0 saturated carbocycles. The van der Waals surface area contributed by atoms with E-state index in [1.807, 2.05) is 60.7 Å². The summed E-state index contributed by atoms with van der Waals surface area (Å²) >= 11 is 0. The Labute approximate surface area is 174 Å². The predicted octanol–water partition coefficient (Wildman–Crippen LogP) is 5.91. The fourth-order valence-electron chi connectivity index (χ4n) is 3.63. The highest BCUT2D eigenvalue weighted by Gasteiger charge is 2.17. The first kappa shape index (κ1) is 18.1. The van der Waals surface area contributed by atoms with Crippen molar-refractivity contribution in [3.8, 4) is 45.5 Å². The number of para-hydroxylation sites is 1. The molecular weight excluding hydrogens is 374 g/mol. The van der Waals surface area contributed by atoms with Gasteiger partial charge in [0.15, 0.2) is 5.82 Å². The Kier molecular flexibility index (Phi) is 4.48. The second kappa shape index (κ2) is 7.44. The van der Waals surface area contributed by atoms with Crippen molar-refractivity contribution in [3.63, 3.8) is 0 Å². The highest BCUT2D eigenvalue weighted by atomic mass is 16.5. The topological polar surface area (TPSA) is 62.9 Å². The van der Waals surface area contributed by atoms with Crippen molar-refractivity contribution in [3.05, 3.63) is 78.9 Å². The molecule has 0 amide bonds. The highest BCUT2D eigenvalue weighted by molar-refractivity contribution is 5.87. The molecule has 3 aromatic carbocycles. The molecule has 0 aliphatic carbocycles. The molecule has 148 valence electrons. The third kappa shape index (κ3) is 3.20. The zero-order chi connectivity index (χ0) is 20.5. The molecule has 0 aliphatic heterocycles. The van der Waals surface area contributed by atoms with Gasteiger partial charge in [0.2, 0.25) is 0 Å². The zero-order valence-electron chi connectivity index (χ0n) is 16.8. The number of nitrogens with zero attached hydrogens (tertiary/aromatic N) is 1. The molecule has 0 bridgehead atoms. The van der Waals surface area contributed by atoms with E-state index < -0.39 is 0 Å². The molecule has 0 unspecified atom stereocenters. The SMILES string of the molecule is COc1ccc(-c2nc(-c3cc4ccccc4[nH]3)[nH]c2-c2ccc(OC)cc2)cc1. The Morgan fingerprint density at radius 1 is 0.700 bits per heavy atom. The summed E-state index contributed by atoms with van der Waals surface area (Å²) in [5.74, 6) is 2.43. The number of rotatable bonds is 5. The van der Waals surface area contributed by atoms with Crippen LogP contribution in [-0.2, 0) is 0 Å². The average Bonchev–Trinajstić information content (AvgIpc) is 3.44. The summed E-state index contributed by atoms with van der Waals surface area (Å²) in [6.07, 6.45) is 0. The second-order valence-corrected chi connectivity index (χ2v) is 7.04. The van der Waals surface area contributed by atoms with Gasteiger partial charge in [0.25, 0.3) is 0 Å². The highest BCUT2D eigenvalue weighted by Crippen LogP contribution is 2.35. The van der Waals surface area contributed by atoms with Crippen LogP contribution in [0.1, 0.15) is 0 Å². The number of hydrogen-bond acceptors (Lipinski definition) is 3. The van der Waals surface area contributed by atoms with Crippen LogP contribution in [0.25, 0.3) is 44.9 Å². The van der Waals surface area contributed by atoms with Gasteiger partial charge in [-0.3, -0.25) is 0 Å². The lowest BCUT2D eigenvalue weighted by molar-refractivity contribution is 0.414. The zero-order valence-corrected chi connectivity index (χ0v) is 16.8. The number of ether oxygens (including phenoxy) is 2. The Bertz CT molecular complexity index is 1200. The largest absolute Gasteiger partial charge is 0.497 e. The van der Waals surface area contributed by atoms with Crippen molar-refractivity contribution in [2.45, 2.75) is 0 Å². The lowest BCUT2D eigenvalue weighted by Gasteiger charge is -2.06. The van der Waals surface area contributed by atoms with E-state index in [-0.39, 0.29) is 0 Å². The molecule has 30 heavy (non-hydrogen) atoms. The van der Waals surface area contributed by atoms with Gasteiger partial charge in [-0.2, -0.15) is 0 Å². The van der Waals surface area contributed by atoms with Gasteiger partial charge in [-0.1, -0.05) is 18.2 Å². The van der Waals surface area contributed by atoms with Crippen LogP contribution in [0.4, 0.5) is 0 Å². The molecule has 5 nitrogen and oxygen atoms in total. The molecule has 2 N–H and O–H groups in total. The Hall–Kier alpha value is -3.99. The standard InChI is InChI=1S/C25H21N3O2/c1-29-19-11-7-16(8-12-19)23-24(17-9-13-20(30-2)14-10-17)28-25(27-23)22-15-18-5-3-4-6-21(18)26-22/h3-15,26H,1-2H3,(H,27,28). The van der Waals surface area contributed by atoms with Crippen molar-refractivity contribution >= 4 is 10.9 Å². The first-order valence-electron chi connectivity index (χ1n) is 9.72. The summed E-state index contributed by atoms with van der Waals surface area (Å²) in [6.45, 7) is 0. The van der Waals surface area contributed by atoms with Crippen LogP contribution in [-0.4, -0.2) is 29.2 Å². The number of aromatic nitrogens is 3. The Morgan fingerprint density at radius 2 is 1.33 bits per heavy atom. The maximum atomic E-state index is 5.31. The van der Waals surface area contributed by atoms with Crippen LogP contribution in [0, 0.1) is 0 Å². The summed E-state index contributed by atoms with van der Waals surface area (Å²) < 4.78 is 10.6. The smallest absolute Gasteiger partial charge is 0.155 e. The lowest BCUT2D eigenvalue weighted by atomic mass is 10.0. The molecule has 5 rings (SSSR count). The fourth-order valence-corrected chi connectivity index (χ4v) is 3.63. The first-order valence-corrected chi connectivity index (χ1v) is 9.72. The number of H-pyrrole nitrogens is 2. The maximum absolute atomic E-state index is 5.31. The average molecular weight is 395 g/mol. The number of benzene rings is 3. The van der Waals surface area contributed by atoms with Crippen LogP contribution in [0.5, 0.6) is 11.5 Å². The van der Waals surface area contributed by atoms with E-state index in [1.54, 1.807) is 14.2 Å². The molecule has 0 atom stereocenters. The van der Waals surface area contributed by atoms with Crippen LogP contribution in [0.3, 0.4) is 0 Å². The third-order valence-corrected chi connectivity index (χ3v) is 5.23. The minimum absolute atomic E-state index is 0.794. The van der Waals surface area contributed by atoms with Gasteiger partial charge in [-0.05, 0) is 60.7 Å². The van der Waals surface area contributed by atoms with Gasteiger partial charge in [0.05, 0.1) is 31.3 Å². The molecule has 0 saturated heterocycles. The lowest BCUT2D eigenvalue weighted by Crippen LogP contribution is -1.87. The summed E-state index contributed by atoms with van der Waals surface area (Å²) in [6, 6.07) is 26.3. The van der Waals surface area contributed by atoms with E-state index in [2.05, 4.69) is 28.2 Å². The second-order valence-electron chi connectivity index (χ2n) is 7.04. The van der Waals surface area contributed by atoms with Gasteiger partial charge >= 0.3 is 0 Å². The third-order valence-electron chi connectivity index (χ3n) is 5.23. The number of fused-ring (bicyclic) bond motifs is 1.